The van der Waals surface area contributed by atoms with Crippen LogP contribution in [0.2, 0.25) is 0 Å². The highest BCUT2D eigenvalue weighted by molar-refractivity contribution is 7.99. The molecule has 2 nitrogen and oxygen atoms in total. The summed E-state index contributed by atoms with van der Waals surface area (Å²) in [6.07, 6.45) is 5.02. The van der Waals surface area contributed by atoms with Gasteiger partial charge in [-0.05, 0) is 24.5 Å². The van der Waals surface area contributed by atoms with Crippen LogP contribution in [-0.4, -0.2) is 20.0 Å². The van der Waals surface area contributed by atoms with Crippen molar-refractivity contribution in [2.24, 2.45) is 5.92 Å². The number of thioether (sulfide) groups is 1. The summed E-state index contributed by atoms with van der Waals surface area (Å²) >= 11 is 1.96. The van der Waals surface area contributed by atoms with Crippen LogP contribution in [-0.2, 0) is 9.47 Å². The molecule has 0 aromatic heterocycles. The summed E-state index contributed by atoms with van der Waals surface area (Å²) < 4.78 is 10.5. The Morgan fingerprint density at radius 1 is 1.05 bits per heavy atom. The number of ether oxygens (including phenoxy) is 2. The Labute approximate surface area is 128 Å². The van der Waals surface area contributed by atoms with E-state index in [9.17, 15) is 0 Å². The second-order valence-corrected chi connectivity index (χ2v) is 6.19. The largest absolute Gasteiger partial charge is 0.352 e. The number of methoxy groups -OCH3 is 2. The standard InChI is InChI=1S/C17H28O2S/c1-5-7-8-14(6-2)13-20-16-11-9-15(10-12-16)17(18-3)19-4/h9-12,14,17H,5-8,13H2,1-4H3. The summed E-state index contributed by atoms with van der Waals surface area (Å²) in [7, 11) is 3.33. The fourth-order valence-electron chi connectivity index (χ4n) is 2.20. The van der Waals surface area contributed by atoms with E-state index in [1.807, 2.05) is 11.8 Å². The molecule has 0 heterocycles. The van der Waals surface area contributed by atoms with Gasteiger partial charge in [0.1, 0.15) is 0 Å². The molecule has 0 fully saturated rings. The fourth-order valence-corrected chi connectivity index (χ4v) is 3.36. The molecule has 0 aliphatic heterocycles. The molecule has 0 bridgehead atoms. The minimum Gasteiger partial charge on any atom is -0.352 e. The Morgan fingerprint density at radius 2 is 1.70 bits per heavy atom. The van der Waals surface area contributed by atoms with Crippen molar-refractivity contribution in [1.29, 1.82) is 0 Å². The van der Waals surface area contributed by atoms with Crippen molar-refractivity contribution in [3.63, 3.8) is 0 Å². The molecule has 0 saturated heterocycles. The maximum Gasteiger partial charge on any atom is 0.183 e. The molecule has 0 aliphatic rings. The third-order valence-corrected chi connectivity index (χ3v) is 4.85. The van der Waals surface area contributed by atoms with E-state index in [2.05, 4.69) is 38.1 Å². The predicted octanol–water partition coefficient (Wildman–Crippen LogP) is 5.29. The van der Waals surface area contributed by atoms with Crippen molar-refractivity contribution in [2.75, 3.05) is 20.0 Å². The summed E-state index contributed by atoms with van der Waals surface area (Å²) in [6.45, 7) is 4.56. The number of unbranched alkanes of at least 4 members (excludes halogenated alkanes) is 1. The molecule has 0 saturated carbocycles. The number of hydrogen-bond donors (Lipinski definition) is 0. The van der Waals surface area contributed by atoms with Crippen LogP contribution in [0.25, 0.3) is 0 Å². The molecule has 0 amide bonds. The Kier molecular flexibility index (Phi) is 8.99. The normalized spacial score (nSPS) is 12.8. The molecular formula is C17H28O2S. The second-order valence-electron chi connectivity index (χ2n) is 5.10. The maximum absolute atomic E-state index is 5.26. The lowest BCUT2D eigenvalue weighted by atomic mass is 10.0. The third kappa shape index (κ3) is 5.86. The van der Waals surface area contributed by atoms with Crippen LogP contribution >= 0.6 is 11.8 Å². The van der Waals surface area contributed by atoms with Gasteiger partial charge in [0, 0.05) is 30.4 Å². The van der Waals surface area contributed by atoms with Gasteiger partial charge >= 0.3 is 0 Å². The van der Waals surface area contributed by atoms with Crippen LogP contribution in [0.5, 0.6) is 0 Å². The first-order valence-corrected chi connectivity index (χ1v) is 8.52. The van der Waals surface area contributed by atoms with Crippen LogP contribution in [0.4, 0.5) is 0 Å². The minimum absolute atomic E-state index is 0.262. The van der Waals surface area contributed by atoms with Gasteiger partial charge in [-0.3, -0.25) is 0 Å². The van der Waals surface area contributed by atoms with Gasteiger partial charge in [-0.2, -0.15) is 0 Å². The summed E-state index contributed by atoms with van der Waals surface area (Å²) in [4.78, 5) is 1.33. The highest BCUT2D eigenvalue weighted by Gasteiger charge is 2.09. The third-order valence-electron chi connectivity index (χ3n) is 3.61. The van der Waals surface area contributed by atoms with Gasteiger partial charge in [-0.1, -0.05) is 45.2 Å². The molecule has 1 rings (SSSR count). The van der Waals surface area contributed by atoms with Crippen molar-refractivity contribution in [3.8, 4) is 0 Å². The monoisotopic (exact) mass is 296 g/mol. The van der Waals surface area contributed by atoms with Gasteiger partial charge in [-0.25, -0.2) is 0 Å². The highest BCUT2D eigenvalue weighted by atomic mass is 32.2. The predicted molar refractivity (Wildman–Crippen MR) is 87.2 cm³/mol. The van der Waals surface area contributed by atoms with Crippen molar-refractivity contribution in [2.45, 2.75) is 50.7 Å². The lowest BCUT2D eigenvalue weighted by Gasteiger charge is -2.15. The van der Waals surface area contributed by atoms with E-state index in [1.54, 1.807) is 14.2 Å². The van der Waals surface area contributed by atoms with Crippen molar-refractivity contribution in [3.05, 3.63) is 29.8 Å². The van der Waals surface area contributed by atoms with Gasteiger partial charge in [0.15, 0.2) is 6.29 Å². The highest BCUT2D eigenvalue weighted by Crippen LogP contribution is 2.27. The van der Waals surface area contributed by atoms with Gasteiger partial charge in [-0.15, -0.1) is 11.8 Å². The quantitative estimate of drug-likeness (QED) is 0.432. The van der Waals surface area contributed by atoms with E-state index in [4.69, 9.17) is 9.47 Å². The molecule has 3 heteroatoms. The second kappa shape index (κ2) is 10.3. The molecule has 114 valence electrons. The van der Waals surface area contributed by atoms with Gasteiger partial charge in [0.25, 0.3) is 0 Å². The van der Waals surface area contributed by atoms with E-state index in [0.717, 1.165) is 11.5 Å². The Hall–Kier alpha value is -0.510. The van der Waals surface area contributed by atoms with Gasteiger partial charge in [0.05, 0.1) is 0 Å². The van der Waals surface area contributed by atoms with Crippen LogP contribution in [0, 0.1) is 5.92 Å². The number of rotatable bonds is 10. The van der Waals surface area contributed by atoms with E-state index >= 15 is 0 Å². The minimum atomic E-state index is -0.262. The molecule has 0 spiro atoms. The zero-order valence-electron chi connectivity index (χ0n) is 13.2. The van der Waals surface area contributed by atoms with E-state index in [-0.39, 0.29) is 6.29 Å². The molecule has 0 radical (unpaired) electrons. The average molecular weight is 296 g/mol. The lowest BCUT2D eigenvalue weighted by Crippen LogP contribution is -2.03. The fraction of sp³-hybridized carbons (Fsp3) is 0.647. The summed E-state index contributed by atoms with van der Waals surface area (Å²) in [5.74, 6) is 2.05. The lowest BCUT2D eigenvalue weighted by molar-refractivity contribution is -0.106. The molecule has 1 aromatic carbocycles. The first-order valence-electron chi connectivity index (χ1n) is 7.53. The molecular weight excluding hydrogens is 268 g/mol. The van der Waals surface area contributed by atoms with Gasteiger partial charge < -0.3 is 9.47 Å². The van der Waals surface area contributed by atoms with Gasteiger partial charge in [0.2, 0.25) is 0 Å². The Bertz CT molecular complexity index is 347. The van der Waals surface area contributed by atoms with Crippen molar-refractivity contribution in [1.82, 2.24) is 0 Å². The van der Waals surface area contributed by atoms with Crippen LogP contribution in [0.3, 0.4) is 0 Å². The number of benzene rings is 1. The van der Waals surface area contributed by atoms with E-state index in [1.165, 1.54) is 36.3 Å². The summed E-state index contributed by atoms with van der Waals surface area (Å²) in [5.41, 5.74) is 1.07. The van der Waals surface area contributed by atoms with Crippen LogP contribution in [0.1, 0.15) is 51.4 Å². The summed E-state index contributed by atoms with van der Waals surface area (Å²) in [5, 5.41) is 0. The first-order chi connectivity index (χ1) is 9.74. The molecule has 0 N–H and O–H groups in total. The van der Waals surface area contributed by atoms with Crippen molar-refractivity contribution < 1.29 is 9.47 Å². The molecule has 0 aliphatic carbocycles. The van der Waals surface area contributed by atoms with Crippen LogP contribution in [0.15, 0.2) is 29.2 Å². The SMILES string of the molecule is CCCCC(CC)CSc1ccc(C(OC)OC)cc1. The topological polar surface area (TPSA) is 18.5 Å². The van der Waals surface area contributed by atoms with E-state index < -0.39 is 0 Å². The van der Waals surface area contributed by atoms with E-state index in [0.29, 0.717) is 0 Å². The first kappa shape index (κ1) is 17.5. The molecule has 1 unspecified atom stereocenters. The zero-order valence-corrected chi connectivity index (χ0v) is 14.0. The molecule has 20 heavy (non-hydrogen) atoms. The van der Waals surface area contributed by atoms with Crippen molar-refractivity contribution >= 4 is 11.8 Å². The number of hydrogen-bond acceptors (Lipinski definition) is 3. The van der Waals surface area contributed by atoms with Crippen LogP contribution < -0.4 is 0 Å². The molecule has 1 aromatic rings. The Morgan fingerprint density at radius 3 is 2.20 bits per heavy atom. The summed E-state index contributed by atoms with van der Waals surface area (Å²) in [6, 6.07) is 8.51. The Balaban J connectivity index is 2.48. The smallest absolute Gasteiger partial charge is 0.183 e. The maximum atomic E-state index is 5.26. The molecule has 1 atom stereocenters. The average Bonchev–Trinajstić information content (AvgIpc) is 2.50. The zero-order chi connectivity index (χ0) is 14.8.